The summed E-state index contributed by atoms with van der Waals surface area (Å²) in [4.78, 5) is 11.2. The Morgan fingerprint density at radius 2 is 2.21 bits per heavy atom. The van der Waals surface area contributed by atoms with Gasteiger partial charge in [-0.1, -0.05) is 13.8 Å². The second kappa shape index (κ2) is 4.64. The number of alkyl carbamates (subject to hydrolysis) is 1. The maximum absolute atomic E-state index is 11.2. The first-order valence-electron chi connectivity index (χ1n) is 5.19. The number of carbonyl (C=O) groups excluding carboxylic acids is 1. The average Bonchev–Trinajstić information content (AvgIpc) is 2.92. The second-order valence-corrected chi connectivity index (χ2v) is 4.55. The summed E-state index contributed by atoms with van der Waals surface area (Å²) in [6.45, 7) is 5.80. The van der Waals surface area contributed by atoms with Crippen molar-refractivity contribution in [2.75, 3.05) is 19.7 Å². The SMILES string of the molecule is CC(C)COC(=O)NCC1(CN)CC1. The molecule has 0 heterocycles. The predicted octanol–water partition coefficient (Wildman–Crippen LogP) is 1.11. The number of hydrogen-bond donors (Lipinski definition) is 2. The van der Waals surface area contributed by atoms with Crippen LogP contribution in [0, 0.1) is 11.3 Å². The molecule has 0 aliphatic heterocycles. The fourth-order valence-electron chi connectivity index (χ4n) is 1.18. The molecule has 1 aliphatic carbocycles. The van der Waals surface area contributed by atoms with Crippen molar-refractivity contribution in [3.8, 4) is 0 Å². The first-order chi connectivity index (χ1) is 6.58. The molecule has 0 saturated heterocycles. The Morgan fingerprint density at radius 3 is 2.64 bits per heavy atom. The summed E-state index contributed by atoms with van der Waals surface area (Å²) in [6.07, 6.45) is 1.92. The van der Waals surface area contributed by atoms with Gasteiger partial charge in [-0.3, -0.25) is 0 Å². The van der Waals surface area contributed by atoms with Crippen molar-refractivity contribution < 1.29 is 9.53 Å². The van der Waals surface area contributed by atoms with Gasteiger partial charge in [-0.2, -0.15) is 0 Å². The molecule has 4 nitrogen and oxygen atoms in total. The van der Waals surface area contributed by atoms with Crippen LogP contribution in [-0.2, 0) is 4.74 Å². The smallest absolute Gasteiger partial charge is 0.407 e. The first kappa shape index (κ1) is 11.3. The molecule has 0 radical (unpaired) electrons. The molecule has 0 aromatic rings. The monoisotopic (exact) mass is 200 g/mol. The van der Waals surface area contributed by atoms with E-state index in [-0.39, 0.29) is 11.5 Å². The minimum atomic E-state index is -0.321. The molecule has 0 aromatic carbocycles. The van der Waals surface area contributed by atoms with Crippen molar-refractivity contribution in [3.05, 3.63) is 0 Å². The number of ether oxygens (including phenoxy) is 1. The van der Waals surface area contributed by atoms with Gasteiger partial charge in [-0.25, -0.2) is 4.79 Å². The van der Waals surface area contributed by atoms with Crippen LogP contribution in [0.2, 0.25) is 0 Å². The van der Waals surface area contributed by atoms with Crippen LogP contribution in [0.25, 0.3) is 0 Å². The van der Waals surface area contributed by atoms with Gasteiger partial charge in [0.2, 0.25) is 0 Å². The van der Waals surface area contributed by atoms with Crippen LogP contribution in [0.1, 0.15) is 26.7 Å². The van der Waals surface area contributed by atoms with Gasteiger partial charge in [0.25, 0.3) is 0 Å². The molecule has 1 rings (SSSR count). The Morgan fingerprint density at radius 1 is 1.57 bits per heavy atom. The molecule has 0 atom stereocenters. The van der Waals surface area contributed by atoms with E-state index in [4.69, 9.17) is 10.5 Å². The third kappa shape index (κ3) is 3.54. The third-order valence-electron chi connectivity index (χ3n) is 2.55. The fraction of sp³-hybridized carbons (Fsp3) is 0.900. The fourth-order valence-corrected chi connectivity index (χ4v) is 1.18. The molecule has 1 aliphatic rings. The third-order valence-corrected chi connectivity index (χ3v) is 2.55. The first-order valence-corrected chi connectivity index (χ1v) is 5.19. The van der Waals surface area contributed by atoms with Gasteiger partial charge in [0.1, 0.15) is 0 Å². The van der Waals surface area contributed by atoms with E-state index in [2.05, 4.69) is 5.32 Å². The molecule has 1 fully saturated rings. The number of nitrogens with two attached hydrogens (primary N) is 1. The van der Waals surface area contributed by atoms with Gasteiger partial charge >= 0.3 is 6.09 Å². The van der Waals surface area contributed by atoms with Crippen molar-refractivity contribution in [3.63, 3.8) is 0 Å². The molecule has 3 N–H and O–H groups in total. The number of hydrogen-bond acceptors (Lipinski definition) is 3. The van der Waals surface area contributed by atoms with Gasteiger partial charge in [0.05, 0.1) is 6.61 Å². The van der Waals surface area contributed by atoms with E-state index in [1.54, 1.807) is 0 Å². The molecular weight excluding hydrogens is 180 g/mol. The highest BCUT2D eigenvalue weighted by molar-refractivity contribution is 5.67. The van der Waals surface area contributed by atoms with Crippen molar-refractivity contribution in [1.29, 1.82) is 0 Å². The van der Waals surface area contributed by atoms with E-state index in [1.807, 2.05) is 13.8 Å². The molecule has 14 heavy (non-hydrogen) atoms. The number of amides is 1. The van der Waals surface area contributed by atoms with Gasteiger partial charge in [-0.05, 0) is 25.3 Å². The van der Waals surface area contributed by atoms with E-state index in [1.165, 1.54) is 0 Å². The van der Waals surface area contributed by atoms with E-state index in [9.17, 15) is 4.79 Å². The second-order valence-electron chi connectivity index (χ2n) is 4.55. The Labute approximate surface area is 85.2 Å². The van der Waals surface area contributed by atoms with E-state index < -0.39 is 0 Å². The zero-order chi connectivity index (χ0) is 10.6. The standard InChI is InChI=1S/C10H20N2O2/c1-8(2)5-14-9(13)12-7-10(6-11)3-4-10/h8H,3-7,11H2,1-2H3,(H,12,13). The molecular formula is C10H20N2O2. The topological polar surface area (TPSA) is 64.3 Å². The average molecular weight is 200 g/mol. The van der Waals surface area contributed by atoms with Crippen LogP contribution in [-0.4, -0.2) is 25.8 Å². The number of rotatable bonds is 5. The largest absolute Gasteiger partial charge is 0.449 e. The Bertz CT molecular complexity index is 200. The van der Waals surface area contributed by atoms with Crippen molar-refractivity contribution in [2.45, 2.75) is 26.7 Å². The summed E-state index contributed by atoms with van der Waals surface area (Å²) in [5.74, 6) is 0.380. The maximum atomic E-state index is 11.2. The van der Waals surface area contributed by atoms with Crippen LogP contribution in [0.15, 0.2) is 0 Å². The molecule has 1 amide bonds. The lowest BCUT2D eigenvalue weighted by molar-refractivity contribution is 0.131. The van der Waals surface area contributed by atoms with Gasteiger partial charge in [-0.15, -0.1) is 0 Å². The van der Waals surface area contributed by atoms with Crippen LogP contribution in [0.5, 0.6) is 0 Å². The van der Waals surface area contributed by atoms with E-state index in [0.717, 1.165) is 12.8 Å². The Hall–Kier alpha value is -0.770. The predicted molar refractivity (Wildman–Crippen MR) is 54.9 cm³/mol. The summed E-state index contributed by atoms with van der Waals surface area (Å²) in [5.41, 5.74) is 5.76. The zero-order valence-corrected chi connectivity index (χ0v) is 9.01. The summed E-state index contributed by atoms with van der Waals surface area (Å²) >= 11 is 0. The molecule has 1 saturated carbocycles. The summed E-state index contributed by atoms with van der Waals surface area (Å²) in [5, 5.41) is 2.75. The highest BCUT2D eigenvalue weighted by Crippen LogP contribution is 2.43. The van der Waals surface area contributed by atoms with Crippen molar-refractivity contribution in [2.24, 2.45) is 17.1 Å². The van der Waals surface area contributed by atoms with Crippen LogP contribution in [0.4, 0.5) is 4.79 Å². The molecule has 82 valence electrons. The lowest BCUT2D eigenvalue weighted by atomic mass is 10.1. The zero-order valence-electron chi connectivity index (χ0n) is 9.01. The Kier molecular flexibility index (Phi) is 3.75. The van der Waals surface area contributed by atoms with E-state index in [0.29, 0.717) is 25.6 Å². The number of nitrogens with one attached hydrogen (secondary N) is 1. The van der Waals surface area contributed by atoms with Gasteiger partial charge in [0.15, 0.2) is 0 Å². The van der Waals surface area contributed by atoms with Gasteiger partial charge < -0.3 is 15.8 Å². The minimum Gasteiger partial charge on any atom is -0.449 e. The molecule has 4 heteroatoms. The van der Waals surface area contributed by atoms with Gasteiger partial charge in [0, 0.05) is 12.0 Å². The lowest BCUT2D eigenvalue weighted by Gasteiger charge is -2.13. The minimum absolute atomic E-state index is 0.177. The number of carbonyl (C=O) groups is 1. The summed E-state index contributed by atoms with van der Waals surface area (Å²) in [6, 6.07) is 0. The highest BCUT2D eigenvalue weighted by Gasteiger charge is 2.41. The normalized spacial score (nSPS) is 18.0. The lowest BCUT2D eigenvalue weighted by Crippen LogP contribution is -2.34. The highest BCUT2D eigenvalue weighted by atomic mass is 16.5. The van der Waals surface area contributed by atoms with Crippen LogP contribution < -0.4 is 11.1 Å². The summed E-state index contributed by atoms with van der Waals surface area (Å²) < 4.78 is 4.98. The molecule has 0 bridgehead atoms. The molecule has 0 spiro atoms. The quantitative estimate of drug-likeness (QED) is 0.698. The summed E-state index contributed by atoms with van der Waals surface area (Å²) in [7, 11) is 0. The van der Waals surface area contributed by atoms with Crippen molar-refractivity contribution >= 4 is 6.09 Å². The molecule has 0 aromatic heterocycles. The maximum Gasteiger partial charge on any atom is 0.407 e. The van der Waals surface area contributed by atoms with Crippen LogP contribution in [0.3, 0.4) is 0 Å². The van der Waals surface area contributed by atoms with E-state index >= 15 is 0 Å². The Balaban J connectivity index is 2.09. The molecule has 0 unspecified atom stereocenters. The van der Waals surface area contributed by atoms with Crippen molar-refractivity contribution in [1.82, 2.24) is 5.32 Å². The van der Waals surface area contributed by atoms with Crippen LogP contribution >= 0.6 is 0 Å².